The summed E-state index contributed by atoms with van der Waals surface area (Å²) in [5.41, 5.74) is 0. The molecule has 0 fully saturated rings. The van der Waals surface area contributed by atoms with Gasteiger partial charge in [-0.05, 0) is 36.6 Å². The first-order valence-electron chi connectivity index (χ1n) is 3.91. The second-order valence-electron chi connectivity index (χ2n) is 2.65. The van der Waals surface area contributed by atoms with Gasteiger partial charge in [0.15, 0.2) is 0 Å². The molecule has 0 atom stereocenters. The van der Waals surface area contributed by atoms with Crippen molar-refractivity contribution in [3.63, 3.8) is 0 Å². The molecule has 2 rings (SSSR count). The van der Waals surface area contributed by atoms with Gasteiger partial charge in [0.2, 0.25) is 0 Å². The normalized spacial score (nSPS) is 16.6. The summed E-state index contributed by atoms with van der Waals surface area (Å²) >= 11 is 0. The van der Waals surface area contributed by atoms with Crippen LogP contribution in [-0.2, 0) is 0 Å². The van der Waals surface area contributed by atoms with Crippen LogP contribution in [0.5, 0.6) is 0 Å². The van der Waals surface area contributed by atoms with Crippen LogP contribution in [-0.4, -0.2) is 0 Å². The van der Waals surface area contributed by atoms with E-state index in [0.29, 0.717) is 0 Å². The van der Waals surface area contributed by atoms with E-state index in [0.717, 1.165) is 0 Å². The summed E-state index contributed by atoms with van der Waals surface area (Å²) in [5.74, 6) is 2.29. The topological polar surface area (TPSA) is 0 Å². The van der Waals surface area contributed by atoms with Crippen LogP contribution in [0.1, 0.15) is 13.3 Å². The summed E-state index contributed by atoms with van der Waals surface area (Å²) < 4.78 is 0. The van der Waals surface area contributed by atoms with Crippen LogP contribution in [0, 0.1) is 0 Å². The Labute approximate surface area is 68.4 Å². The lowest BCUT2D eigenvalue weighted by atomic mass is 10.2. The molecule has 0 amide bonds. The summed E-state index contributed by atoms with van der Waals surface area (Å²) in [6, 6.07) is 8.61. The van der Waals surface area contributed by atoms with Crippen molar-refractivity contribution in [2.24, 2.45) is 0 Å². The fourth-order valence-corrected chi connectivity index (χ4v) is 2.42. The molecule has 0 aromatic heterocycles. The van der Waals surface area contributed by atoms with Crippen molar-refractivity contribution < 1.29 is 0 Å². The first kappa shape index (κ1) is 7.06. The zero-order valence-electron chi connectivity index (χ0n) is 6.54. The van der Waals surface area contributed by atoms with E-state index in [-0.39, 0.29) is 0 Å². The van der Waals surface area contributed by atoms with Gasteiger partial charge in [-0.2, -0.15) is 0 Å². The average Bonchev–Trinajstić information content (AvgIpc) is 2.47. The van der Waals surface area contributed by atoms with E-state index >= 15 is 0 Å². The van der Waals surface area contributed by atoms with Gasteiger partial charge in [0, 0.05) is 0 Å². The highest BCUT2D eigenvalue weighted by Crippen LogP contribution is 2.29. The molecule has 1 aliphatic heterocycles. The maximum atomic E-state index is 2.29. The van der Waals surface area contributed by atoms with E-state index in [4.69, 9.17) is 0 Å². The molecule has 0 aliphatic carbocycles. The van der Waals surface area contributed by atoms with Crippen LogP contribution in [0.15, 0.2) is 24.3 Å². The molecule has 55 valence electrons. The van der Waals surface area contributed by atoms with E-state index in [9.17, 15) is 0 Å². The van der Waals surface area contributed by atoms with Crippen molar-refractivity contribution in [1.82, 2.24) is 0 Å². The van der Waals surface area contributed by atoms with Crippen LogP contribution in [0.2, 0.25) is 0 Å². The first-order chi connectivity index (χ1) is 5.42. The summed E-state index contributed by atoms with van der Waals surface area (Å²) in [6.07, 6.45) is 1.18. The summed E-state index contributed by atoms with van der Waals surface area (Å²) in [4.78, 5) is 0. The van der Waals surface area contributed by atoms with E-state index in [1.807, 2.05) is 0 Å². The number of hydrogen-bond donors (Lipinski definition) is 0. The zero-order valence-corrected chi connectivity index (χ0v) is 7.44. The standard InChI is InChI=1S/C10H10P/c1-2-10-9-6-4-3-5-8(9)7-11-10/h3-7H,2H2,1H3. The van der Waals surface area contributed by atoms with Gasteiger partial charge in [0.25, 0.3) is 0 Å². The maximum Gasteiger partial charge on any atom is -0.0140 e. The van der Waals surface area contributed by atoms with Gasteiger partial charge in [-0.1, -0.05) is 31.2 Å². The molecule has 1 heterocycles. The molecular formula is C10H10P. The third-order valence-electron chi connectivity index (χ3n) is 1.97. The Morgan fingerprint density at radius 3 is 2.91 bits per heavy atom. The Bertz CT molecular complexity index is 376. The molecule has 11 heavy (non-hydrogen) atoms. The molecule has 0 spiro atoms. The lowest BCUT2D eigenvalue weighted by molar-refractivity contribution is 1.27. The fraction of sp³-hybridized carbons (Fsp3) is 0.200. The molecule has 0 bridgehead atoms. The monoisotopic (exact) mass is 161 g/mol. The molecule has 1 aromatic carbocycles. The molecule has 1 aliphatic rings. The van der Waals surface area contributed by atoms with Gasteiger partial charge < -0.3 is 0 Å². The Balaban J connectivity index is 2.79. The second-order valence-corrected chi connectivity index (χ2v) is 3.70. The predicted molar refractivity (Wildman–Crippen MR) is 50.8 cm³/mol. The minimum Gasteiger partial charge on any atom is -0.0616 e. The van der Waals surface area contributed by atoms with Gasteiger partial charge in [0.1, 0.15) is 0 Å². The van der Waals surface area contributed by atoms with Crippen LogP contribution in [0.4, 0.5) is 0 Å². The van der Waals surface area contributed by atoms with Crippen molar-refractivity contribution >= 4 is 19.7 Å². The van der Waals surface area contributed by atoms with Crippen molar-refractivity contribution in [2.75, 3.05) is 0 Å². The summed E-state index contributed by atoms with van der Waals surface area (Å²) in [6.45, 7) is 2.22. The highest BCUT2D eigenvalue weighted by molar-refractivity contribution is 7.58. The van der Waals surface area contributed by atoms with Crippen LogP contribution in [0.25, 0.3) is 11.1 Å². The first-order valence-corrected chi connectivity index (χ1v) is 4.87. The lowest BCUT2D eigenvalue weighted by Crippen LogP contribution is -2.21. The molecule has 0 unspecified atom stereocenters. The smallest absolute Gasteiger partial charge is 0.0140 e. The Morgan fingerprint density at radius 2 is 2.09 bits per heavy atom. The molecule has 0 saturated heterocycles. The van der Waals surface area contributed by atoms with Gasteiger partial charge in [-0.3, -0.25) is 0 Å². The maximum absolute atomic E-state index is 2.29. The third kappa shape index (κ3) is 1.12. The minimum atomic E-state index is 1.18. The molecular weight excluding hydrogens is 151 g/mol. The third-order valence-corrected chi connectivity index (χ3v) is 3.24. The highest BCUT2D eigenvalue weighted by Gasteiger charge is 2.01. The number of hydrogen-bond acceptors (Lipinski definition) is 0. The van der Waals surface area contributed by atoms with Crippen LogP contribution >= 0.6 is 8.58 Å². The number of benzene rings is 1. The highest BCUT2D eigenvalue weighted by atomic mass is 31.1. The van der Waals surface area contributed by atoms with Gasteiger partial charge in [0.05, 0.1) is 0 Å². The zero-order chi connectivity index (χ0) is 7.68. The van der Waals surface area contributed by atoms with Gasteiger partial charge in [-0.15, -0.1) is 0 Å². The van der Waals surface area contributed by atoms with E-state index in [2.05, 4.69) is 37.0 Å². The number of fused-ring (bicyclic) bond motifs is 1. The summed E-state index contributed by atoms with van der Waals surface area (Å²) in [7, 11) is 1.40. The number of rotatable bonds is 1. The van der Waals surface area contributed by atoms with Crippen molar-refractivity contribution in [1.29, 1.82) is 0 Å². The molecule has 1 aromatic rings. The summed E-state index contributed by atoms with van der Waals surface area (Å²) in [5, 5.41) is 4.42. The lowest BCUT2D eigenvalue weighted by Gasteiger charge is -1.91. The van der Waals surface area contributed by atoms with Crippen molar-refractivity contribution in [3.05, 3.63) is 34.7 Å². The Kier molecular flexibility index (Phi) is 1.79. The Morgan fingerprint density at radius 1 is 1.27 bits per heavy atom. The van der Waals surface area contributed by atoms with Crippen molar-refractivity contribution in [3.8, 4) is 0 Å². The minimum absolute atomic E-state index is 1.18. The van der Waals surface area contributed by atoms with E-state index in [1.165, 1.54) is 25.4 Å². The quantitative estimate of drug-likeness (QED) is 0.552. The second kappa shape index (κ2) is 2.79. The predicted octanol–water partition coefficient (Wildman–Crippen LogP) is 1.90. The van der Waals surface area contributed by atoms with Crippen LogP contribution in [0.3, 0.4) is 0 Å². The molecule has 0 saturated carbocycles. The molecule has 1 radical (unpaired) electrons. The van der Waals surface area contributed by atoms with Crippen molar-refractivity contribution in [2.45, 2.75) is 13.3 Å². The molecule has 0 N–H and O–H groups in total. The van der Waals surface area contributed by atoms with E-state index < -0.39 is 0 Å². The van der Waals surface area contributed by atoms with Crippen LogP contribution < -0.4 is 10.4 Å². The SMILES string of the molecule is CCC1=c2ccccc2=C[P]1. The van der Waals surface area contributed by atoms with Gasteiger partial charge in [-0.25, -0.2) is 0 Å². The molecule has 1 heteroatoms. The largest absolute Gasteiger partial charge is 0.0616 e. The fourth-order valence-electron chi connectivity index (χ4n) is 1.37. The Hall–Kier alpha value is -0.610. The van der Waals surface area contributed by atoms with E-state index in [1.54, 1.807) is 5.31 Å². The average molecular weight is 161 g/mol. The molecule has 0 nitrogen and oxygen atoms in total. The van der Waals surface area contributed by atoms with Gasteiger partial charge >= 0.3 is 0 Å².